The van der Waals surface area contributed by atoms with Crippen molar-refractivity contribution in [1.82, 2.24) is 4.72 Å². The minimum Gasteiger partial charge on any atom is -0.207 e. The van der Waals surface area contributed by atoms with Gasteiger partial charge in [-0.3, -0.25) is 0 Å². The zero-order valence-electron chi connectivity index (χ0n) is 11.3. The van der Waals surface area contributed by atoms with Crippen LogP contribution in [0.1, 0.15) is 16.7 Å². The van der Waals surface area contributed by atoms with E-state index in [4.69, 9.17) is 0 Å². The minimum atomic E-state index is -3.46. The standard InChI is InChI=1S/C16H17NO2S/c1-3-14-6-8-15(9-7-14)12-17-20(18,19)16-10-4-13(2)5-11-16/h3-11,17H,1,12H2,2H3. The molecule has 2 rings (SSSR count). The van der Waals surface area contributed by atoms with Crippen LogP contribution in [-0.4, -0.2) is 8.42 Å². The molecule has 2 aromatic carbocycles. The number of sulfonamides is 1. The lowest BCUT2D eigenvalue weighted by atomic mass is 10.1. The van der Waals surface area contributed by atoms with Gasteiger partial charge in [-0.15, -0.1) is 0 Å². The summed E-state index contributed by atoms with van der Waals surface area (Å²) >= 11 is 0. The van der Waals surface area contributed by atoms with Gasteiger partial charge in [-0.05, 0) is 30.2 Å². The van der Waals surface area contributed by atoms with Crippen LogP contribution in [0.25, 0.3) is 6.08 Å². The van der Waals surface area contributed by atoms with Gasteiger partial charge >= 0.3 is 0 Å². The second kappa shape index (κ2) is 6.03. The van der Waals surface area contributed by atoms with Gasteiger partial charge in [0.05, 0.1) is 4.90 Å². The maximum atomic E-state index is 12.1. The Labute approximate surface area is 120 Å². The summed E-state index contributed by atoms with van der Waals surface area (Å²) < 4.78 is 26.8. The van der Waals surface area contributed by atoms with Crippen LogP contribution < -0.4 is 4.72 Å². The molecule has 0 heterocycles. The predicted octanol–water partition coefficient (Wildman–Crippen LogP) is 3.12. The van der Waals surface area contributed by atoms with Crippen LogP contribution in [0.3, 0.4) is 0 Å². The minimum absolute atomic E-state index is 0.271. The Bertz CT molecular complexity index is 686. The van der Waals surface area contributed by atoms with Crippen molar-refractivity contribution in [3.05, 3.63) is 71.8 Å². The quantitative estimate of drug-likeness (QED) is 0.918. The molecule has 0 spiro atoms. The highest BCUT2D eigenvalue weighted by molar-refractivity contribution is 7.89. The van der Waals surface area contributed by atoms with Crippen molar-refractivity contribution in [2.45, 2.75) is 18.4 Å². The number of benzene rings is 2. The Balaban J connectivity index is 2.08. The van der Waals surface area contributed by atoms with Crippen LogP contribution in [-0.2, 0) is 16.6 Å². The number of aryl methyl sites for hydroxylation is 1. The molecule has 0 aliphatic heterocycles. The average Bonchev–Trinajstić information content (AvgIpc) is 2.46. The second-order valence-electron chi connectivity index (χ2n) is 4.58. The van der Waals surface area contributed by atoms with E-state index in [-0.39, 0.29) is 11.4 Å². The number of hydrogen-bond acceptors (Lipinski definition) is 2. The molecule has 3 nitrogen and oxygen atoms in total. The Morgan fingerprint density at radius 1 is 1.05 bits per heavy atom. The molecule has 0 atom stereocenters. The molecule has 0 aliphatic rings. The fourth-order valence-electron chi connectivity index (χ4n) is 1.75. The van der Waals surface area contributed by atoms with Crippen molar-refractivity contribution in [3.63, 3.8) is 0 Å². The number of rotatable bonds is 5. The first-order valence-electron chi connectivity index (χ1n) is 6.29. The normalized spacial score (nSPS) is 11.2. The highest BCUT2D eigenvalue weighted by Gasteiger charge is 2.12. The molecule has 104 valence electrons. The largest absolute Gasteiger partial charge is 0.240 e. The molecule has 0 fully saturated rings. The van der Waals surface area contributed by atoms with Crippen molar-refractivity contribution in [1.29, 1.82) is 0 Å². The molecule has 0 saturated carbocycles. The summed E-state index contributed by atoms with van der Waals surface area (Å²) in [6, 6.07) is 14.4. The van der Waals surface area contributed by atoms with E-state index in [1.807, 2.05) is 31.2 Å². The lowest BCUT2D eigenvalue weighted by Crippen LogP contribution is -2.23. The topological polar surface area (TPSA) is 46.2 Å². The first-order valence-corrected chi connectivity index (χ1v) is 7.77. The fourth-order valence-corrected chi connectivity index (χ4v) is 2.77. The zero-order chi connectivity index (χ0) is 14.6. The SMILES string of the molecule is C=Cc1ccc(CNS(=O)(=O)c2ccc(C)cc2)cc1. The van der Waals surface area contributed by atoms with Gasteiger partial charge in [-0.1, -0.05) is 54.6 Å². The van der Waals surface area contributed by atoms with Crippen LogP contribution in [0.5, 0.6) is 0 Å². The summed E-state index contributed by atoms with van der Waals surface area (Å²) in [7, 11) is -3.46. The molecular formula is C16H17NO2S. The molecule has 0 radical (unpaired) electrons. The maximum absolute atomic E-state index is 12.1. The van der Waals surface area contributed by atoms with Crippen LogP contribution in [0, 0.1) is 6.92 Å². The second-order valence-corrected chi connectivity index (χ2v) is 6.35. The molecule has 2 aromatic rings. The van der Waals surface area contributed by atoms with Crippen LogP contribution in [0.4, 0.5) is 0 Å². The van der Waals surface area contributed by atoms with E-state index in [9.17, 15) is 8.42 Å². The molecular weight excluding hydrogens is 270 g/mol. The molecule has 0 bridgehead atoms. The van der Waals surface area contributed by atoms with Gasteiger partial charge in [0.1, 0.15) is 0 Å². The van der Waals surface area contributed by atoms with E-state index >= 15 is 0 Å². The summed E-state index contributed by atoms with van der Waals surface area (Å²) in [6.07, 6.45) is 1.75. The summed E-state index contributed by atoms with van der Waals surface area (Å²) in [5.41, 5.74) is 2.95. The Morgan fingerprint density at radius 2 is 1.65 bits per heavy atom. The van der Waals surface area contributed by atoms with Crippen LogP contribution in [0.2, 0.25) is 0 Å². The molecule has 20 heavy (non-hydrogen) atoms. The van der Waals surface area contributed by atoms with Crippen molar-refractivity contribution in [2.24, 2.45) is 0 Å². The third-order valence-electron chi connectivity index (χ3n) is 3.01. The lowest BCUT2D eigenvalue weighted by Gasteiger charge is -2.07. The third kappa shape index (κ3) is 3.56. The van der Waals surface area contributed by atoms with Gasteiger partial charge in [0.25, 0.3) is 0 Å². The molecule has 0 saturated heterocycles. The summed E-state index contributed by atoms with van der Waals surface area (Å²) in [6.45, 7) is 5.87. The van der Waals surface area contributed by atoms with Crippen molar-refractivity contribution < 1.29 is 8.42 Å². The van der Waals surface area contributed by atoms with Crippen molar-refractivity contribution in [2.75, 3.05) is 0 Å². The Hall–Kier alpha value is -1.91. The predicted molar refractivity (Wildman–Crippen MR) is 81.7 cm³/mol. The summed E-state index contributed by atoms with van der Waals surface area (Å²) in [4.78, 5) is 0.283. The van der Waals surface area contributed by atoms with E-state index in [0.29, 0.717) is 0 Å². The first kappa shape index (κ1) is 14.5. The molecule has 0 aromatic heterocycles. The lowest BCUT2D eigenvalue weighted by molar-refractivity contribution is 0.581. The third-order valence-corrected chi connectivity index (χ3v) is 4.43. The monoisotopic (exact) mass is 287 g/mol. The van der Waals surface area contributed by atoms with Crippen molar-refractivity contribution >= 4 is 16.1 Å². The van der Waals surface area contributed by atoms with Gasteiger partial charge in [0.15, 0.2) is 0 Å². The van der Waals surface area contributed by atoms with E-state index in [0.717, 1.165) is 16.7 Å². The van der Waals surface area contributed by atoms with Gasteiger partial charge < -0.3 is 0 Å². The van der Waals surface area contributed by atoms with Gasteiger partial charge in [0, 0.05) is 6.54 Å². The van der Waals surface area contributed by atoms with Gasteiger partial charge in [-0.25, -0.2) is 13.1 Å². The zero-order valence-corrected chi connectivity index (χ0v) is 12.2. The molecule has 4 heteroatoms. The smallest absolute Gasteiger partial charge is 0.207 e. The van der Waals surface area contributed by atoms with E-state index < -0.39 is 10.0 Å². The number of nitrogens with one attached hydrogen (secondary N) is 1. The van der Waals surface area contributed by atoms with Gasteiger partial charge in [-0.2, -0.15) is 0 Å². The van der Waals surface area contributed by atoms with Crippen LogP contribution >= 0.6 is 0 Å². The van der Waals surface area contributed by atoms with E-state index in [1.54, 1.807) is 30.3 Å². The van der Waals surface area contributed by atoms with E-state index in [2.05, 4.69) is 11.3 Å². The first-order chi connectivity index (χ1) is 9.51. The van der Waals surface area contributed by atoms with E-state index in [1.165, 1.54) is 0 Å². The highest BCUT2D eigenvalue weighted by Crippen LogP contribution is 2.11. The summed E-state index contributed by atoms with van der Waals surface area (Å²) in [5.74, 6) is 0. The molecule has 0 amide bonds. The molecule has 0 aliphatic carbocycles. The maximum Gasteiger partial charge on any atom is 0.240 e. The summed E-state index contributed by atoms with van der Waals surface area (Å²) in [5, 5.41) is 0. The highest BCUT2D eigenvalue weighted by atomic mass is 32.2. The van der Waals surface area contributed by atoms with Crippen molar-refractivity contribution in [3.8, 4) is 0 Å². The average molecular weight is 287 g/mol. The number of hydrogen-bond donors (Lipinski definition) is 1. The van der Waals surface area contributed by atoms with Crippen LogP contribution in [0.15, 0.2) is 60.0 Å². The fraction of sp³-hybridized carbons (Fsp3) is 0.125. The Kier molecular flexibility index (Phi) is 4.37. The Morgan fingerprint density at radius 3 is 2.20 bits per heavy atom. The molecule has 1 N–H and O–H groups in total. The van der Waals surface area contributed by atoms with Gasteiger partial charge in [0.2, 0.25) is 10.0 Å². The molecule has 0 unspecified atom stereocenters.